The van der Waals surface area contributed by atoms with Crippen molar-refractivity contribution in [1.82, 2.24) is 0 Å². The second kappa shape index (κ2) is 7.49. The molecule has 0 nitrogen and oxygen atoms in total. The summed E-state index contributed by atoms with van der Waals surface area (Å²) in [4.78, 5) is 0. The highest BCUT2D eigenvalue weighted by Gasteiger charge is 1.81. The summed E-state index contributed by atoms with van der Waals surface area (Å²) in [6.45, 7) is 0. The zero-order chi connectivity index (χ0) is 10.9. The van der Waals surface area contributed by atoms with Gasteiger partial charge in [-0.25, -0.2) is 0 Å². The second-order valence-corrected chi connectivity index (χ2v) is 3.91. The van der Waals surface area contributed by atoms with Crippen molar-refractivity contribution in [2.75, 3.05) is 0 Å². The van der Waals surface area contributed by atoms with E-state index in [0.717, 1.165) is 10.4 Å². The Bertz CT molecular complexity index is 359. The van der Waals surface area contributed by atoms with E-state index >= 15 is 0 Å². The lowest BCUT2D eigenvalue weighted by Crippen LogP contribution is -1.70. The van der Waals surface area contributed by atoms with Crippen LogP contribution in [-0.4, -0.2) is 0 Å². The fourth-order valence-corrected chi connectivity index (χ4v) is 1.50. The van der Waals surface area contributed by atoms with Crippen molar-refractivity contribution in [1.29, 1.82) is 0 Å². The van der Waals surface area contributed by atoms with Crippen LogP contribution in [0.5, 0.6) is 0 Å². The predicted octanol–water partition coefficient (Wildman–Crippen LogP) is 4.92. The molecule has 0 N–H and O–H groups in total. The molecule has 0 aliphatic heterocycles. The molecule has 2 aromatic carbocycles. The lowest BCUT2D eigenvalue weighted by Gasteiger charge is -1.88. The molecule has 2 rings (SSSR count). The summed E-state index contributed by atoms with van der Waals surface area (Å²) in [6, 6.07) is 19.7. The van der Waals surface area contributed by atoms with Gasteiger partial charge in [0.1, 0.15) is 0 Å². The molecule has 0 aromatic heterocycles. The maximum absolute atomic E-state index is 5.54. The Balaban J connectivity index is 0.000000151. The van der Waals surface area contributed by atoms with Gasteiger partial charge in [-0.15, -0.1) is 0 Å². The summed E-state index contributed by atoms with van der Waals surface area (Å²) in [5.74, 6) is 0. The summed E-state index contributed by atoms with van der Waals surface area (Å²) in [7, 11) is 0. The molecule has 15 heavy (non-hydrogen) atoms. The van der Waals surface area contributed by atoms with Crippen LogP contribution in [0, 0.1) is 0 Å². The Morgan fingerprint density at radius 3 is 1.53 bits per heavy atom. The van der Waals surface area contributed by atoms with Crippen molar-refractivity contribution < 1.29 is 0 Å². The van der Waals surface area contributed by atoms with Gasteiger partial charge >= 0.3 is 0 Å². The molecule has 2 heteroatoms. The maximum atomic E-state index is 5.54. The predicted molar refractivity (Wildman–Crippen MR) is 70.5 cm³/mol. The van der Waals surface area contributed by atoms with Gasteiger partial charge in [0.25, 0.3) is 0 Å². The molecular weight excluding hydrogens is 272 g/mol. The molecule has 0 unspecified atom stereocenters. The van der Waals surface area contributed by atoms with Gasteiger partial charge in [-0.05, 0) is 17.7 Å². The van der Waals surface area contributed by atoms with Crippen LogP contribution in [0.25, 0.3) is 0 Å². The summed E-state index contributed by atoms with van der Waals surface area (Å²) in [6.07, 6.45) is 0. The van der Waals surface area contributed by atoms with E-state index in [0.29, 0.717) is 0 Å². The van der Waals surface area contributed by atoms with E-state index in [2.05, 4.69) is 28.1 Å². The molecule has 0 atom stereocenters. The summed E-state index contributed by atoms with van der Waals surface area (Å²) in [5.41, 5.74) is 1.33. The normalized spacial score (nSPS) is 8.93. The van der Waals surface area contributed by atoms with Crippen LogP contribution in [0.15, 0.2) is 60.7 Å². The first-order chi connectivity index (χ1) is 7.33. The van der Waals surface area contributed by atoms with E-state index < -0.39 is 0 Å². The van der Waals surface area contributed by atoms with E-state index in [1.807, 2.05) is 48.5 Å². The Morgan fingerprint density at radius 2 is 1.27 bits per heavy atom. The first kappa shape index (κ1) is 12.3. The molecular formula is C13H12BrCl. The molecule has 0 radical (unpaired) electrons. The minimum Gasteiger partial charge on any atom is -0.0876 e. The van der Waals surface area contributed by atoms with Crippen molar-refractivity contribution in [2.24, 2.45) is 0 Å². The minimum atomic E-state index is 0.794. The largest absolute Gasteiger partial charge is 0.0876 e. The molecule has 0 aliphatic rings. The SMILES string of the molecule is BrCc1ccccc1.Clc1ccccc1. The first-order valence-corrected chi connectivity index (χ1v) is 6.13. The number of halogens is 2. The molecule has 0 saturated carbocycles. The van der Waals surface area contributed by atoms with Crippen molar-refractivity contribution in [3.05, 3.63) is 71.2 Å². The van der Waals surface area contributed by atoms with E-state index in [4.69, 9.17) is 11.6 Å². The Kier molecular flexibility index (Phi) is 6.14. The third-order valence-electron chi connectivity index (χ3n) is 1.73. The minimum absolute atomic E-state index is 0.794. The zero-order valence-electron chi connectivity index (χ0n) is 8.24. The molecule has 0 saturated heterocycles. The van der Waals surface area contributed by atoms with Crippen LogP contribution in [-0.2, 0) is 5.33 Å². The third-order valence-corrected chi connectivity index (χ3v) is 2.63. The van der Waals surface area contributed by atoms with Crippen LogP contribution < -0.4 is 0 Å². The molecule has 0 amide bonds. The Hall–Kier alpha value is -0.790. The Labute approximate surface area is 104 Å². The number of hydrogen-bond acceptors (Lipinski definition) is 0. The van der Waals surface area contributed by atoms with Crippen LogP contribution in [0.2, 0.25) is 5.02 Å². The summed E-state index contributed by atoms with van der Waals surface area (Å²) < 4.78 is 0. The topological polar surface area (TPSA) is 0 Å². The molecule has 0 bridgehead atoms. The van der Waals surface area contributed by atoms with E-state index in [1.165, 1.54) is 5.56 Å². The average molecular weight is 284 g/mol. The highest BCUT2D eigenvalue weighted by Crippen LogP contribution is 2.03. The van der Waals surface area contributed by atoms with Crippen LogP contribution >= 0.6 is 27.5 Å². The summed E-state index contributed by atoms with van der Waals surface area (Å²) in [5, 5.41) is 1.75. The molecule has 2 aromatic rings. The lowest BCUT2D eigenvalue weighted by atomic mass is 10.2. The van der Waals surface area contributed by atoms with Gasteiger partial charge in [-0.2, -0.15) is 0 Å². The fourth-order valence-electron chi connectivity index (χ4n) is 0.982. The summed E-state index contributed by atoms with van der Waals surface area (Å²) >= 11 is 8.90. The standard InChI is InChI=1S/C7H7Br.C6H5Cl/c8-6-7-4-2-1-3-5-7;7-6-4-2-1-3-5-6/h1-5H,6H2;1-5H. The molecule has 0 spiro atoms. The molecule has 0 fully saturated rings. The van der Waals surface area contributed by atoms with Gasteiger partial charge in [0.15, 0.2) is 0 Å². The molecule has 0 aliphatic carbocycles. The van der Waals surface area contributed by atoms with E-state index in [-0.39, 0.29) is 0 Å². The van der Waals surface area contributed by atoms with Gasteiger partial charge in [0.05, 0.1) is 0 Å². The van der Waals surface area contributed by atoms with Gasteiger partial charge in [0, 0.05) is 10.4 Å². The monoisotopic (exact) mass is 282 g/mol. The number of hydrogen-bond donors (Lipinski definition) is 0. The quantitative estimate of drug-likeness (QED) is 0.652. The molecule has 0 heterocycles. The zero-order valence-corrected chi connectivity index (χ0v) is 10.6. The van der Waals surface area contributed by atoms with Gasteiger partial charge in [-0.3, -0.25) is 0 Å². The highest BCUT2D eigenvalue weighted by atomic mass is 79.9. The third kappa shape index (κ3) is 5.60. The van der Waals surface area contributed by atoms with Crippen molar-refractivity contribution >= 4 is 27.5 Å². The van der Waals surface area contributed by atoms with Gasteiger partial charge in [0.2, 0.25) is 0 Å². The first-order valence-electron chi connectivity index (χ1n) is 4.63. The smallest absolute Gasteiger partial charge is 0.0405 e. The van der Waals surface area contributed by atoms with Crippen LogP contribution in [0.1, 0.15) is 5.56 Å². The van der Waals surface area contributed by atoms with E-state index in [9.17, 15) is 0 Å². The van der Waals surface area contributed by atoms with Crippen LogP contribution in [0.3, 0.4) is 0 Å². The van der Waals surface area contributed by atoms with Crippen molar-refractivity contribution in [3.8, 4) is 0 Å². The molecule has 78 valence electrons. The number of benzene rings is 2. The number of alkyl halides is 1. The average Bonchev–Trinajstić information content (AvgIpc) is 2.32. The van der Waals surface area contributed by atoms with Gasteiger partial charge in [-0.1, -0.05) is 76.1 Å². The van der Waals surface area contributed by atoms with Gasteiger partial charge < -0.3 is 0 Å². The fraction of sp³-hybridized carbons (Fsp3) is 0.0769. The van der Waals surface area contributed by atoms with Crippen molar-refractivity contribution in [3.63, 3.8) is 0 Å². The highest BCUT2D eigenvalue weighted by molar-refractivity contribution is 9.08. The van der Waals surface area contributed by atoms with Crippen molar-refractivity contribution in [2.45, 2.75) is 5.33 Å². The lowest BCUT2D eigenvalue weighted by molar-refractivity contribution is 1.44. The number of rotatable bonds is 1. The van der Waals surface area contributed by atoms with E-state index in [1.54, 1.807) is 0 Å². The second-order valence-electron chi connectivity index (χ2n) is 2.91. The Morgan fingerprint density at radius 1 is 0.800 bits per heavy atom. The maximum Gasteiger partial charge on any atom is 0.0405 e. The van der Waals surface area contributed by atoms with Crippen LogP contribution in [0.4, 0.5) is 0 Å².